The van der Waals surface area contributed by atoms with E-state index in [-0.39, 0.29) is 22.7 Å². The lowest BCUT2D eigenvalue weighted by molar-refractivity contribution is 0.0569. The Labute approximate surface area is 304 Å². The molecule has 51 heavy (non-hydrogen) atoms. The number of rotatable bonds is 10. The molecule has 0 spiro atoms. The Hall–Kier alpha value is -4.15. The Kier molecular flexibility index (Phi) is 10.3. The number of carbonyl (C=O) groups excluding carboxylic acids is 2. The van der Waals surface area contributed by atoms with Gasteiger partial charge in [-0.15, -0.1) is 0 Å². The SMILES string of the molecule is CC(C)n1nc(Nc2nccc(-c3cc(C#N)c4c(c3)[C@@](C)(COCS(C)(C)C(C)(C)C)CN4C(=O)OC(C)(C)C)n2)cc1C(=O)N(C)C1CC1. The van der Waals surface area contributed by atoms with Crippen LogP contribution in [0.15, 0.2) is 30.5 Å². The second-order valence-electron chi connectivity index (χ2n) is 16.8. The summed E-state index contributed by atoms with van der Waals surface area (Å²) in [6.45, 7) is 18.9. The van der Waals surface area contributed by atoms with Gasteiger partial charge in [-0.25, -0.2) is 24.8 Å². The maximum Gasteiger partial charge on any atom is 0.414 e. The molecule has 3 aromatic rings. The van der Waals surface area contributed by atoms with Crippen molar-refractivity contribution >= 4 is 39.5 Å². The third kappa shape index (κ3) is 8.17. The van der Waals surface area contributed by atoms with E-state index < -0.39 is 27.1 Å². The molecule has 1 aromatic carbocycles. The van der Waals surface area contributed by atoms with E-state index in [1.54, 1.807) is 38.9 Å². The predicted molar refractivity (Wildman–Crippen MR) is 204 cm³/mol. The zero-order valence-corrected chi connectivity index (χ0v) is 33.1. The highest BCUT2D eigenvalue weighted by atomic mass is 32.3. The van der Waals surface area contributed by atoms with Gasteiger partial charge in [-0.2, -0.15) is 10.4 Å². The number of hydrogen-bond acceptors (Lipinski definition) is 9. The lowest BCUT2D eigenvalue weighted by Crippen LogP contribution is -2.41. The van der Waals surface area contributed by atoms with Crippen LogP contribution in [-0.2, 0) is 14.9 Å². The summed E-state index contributed by atoms with van der Waals surface area (Å²) in [5, 5.41) is 18.3. The van der Waals surface area contributed by atoms with Crippen LogP contribution in [-0.4, -0.2) is 91.7 Å². The van der Waals surface area contributed by atoms with Crippen molar-refractivity contribution in [3.8, 4) is 17.3 Å². The minimum Gasteiger partial charge on any atom is -0.443 e. The van der Waals surface area contributed by atoms with Crippen molar-refractivity contribution in [1.29, 1.82) is 5.26 Å². The fourth-order valence-electron chi connectivity index (χ4n) is 5.89. The summed E-state index contributed by atoms with van der Waals surface area (Å²) in [5.41, 5.74) is 2.12. The van der Waals surface area contributed by atoms with E-state index in [2.05, 4.69) is 61.7 Å². The minimum atomic E-state index is -1.09. The molecule has 12 nitrogen and oxygen atoms in total. The summed E-state index contributed by atoms with van der Waals surface area (Å²) in [4.78, 5) is 39.5. The second kappa shape index (κ2) is 13.8. The maximum absolute atomic E-state index is 13.6. The molecule has 0 radical (unpaired) electrons. The highest BCUT2D eigenvalue weighted by molar-refractivity contribution is 8.33. The lowest BCUT2D eigenvalue weighted by atomic mass is 9.83. The van der Waals surface area contributed by atoms with Gasteiger partial charge in [-0.3, -0.25) is 14.4 Å². The molecule has 2 aromatic heterocycles. The van der Waals surface area contributed by atoms with Crippen LogP contribution in [0.4, 0.5) is 22.2 Å². The van der Waals surface area contributed by atoms with Gasteiger partial charge in [-0.05, 0) is 88.5 Å². The van der Waals surface area contributed by atoms with Crippen molar-refractivity contribution < 1.29 is 19.1 Å². The predicted octanol–water partition coefficient (Wildman–Crippen LogP) is 7.62. The van der Waals surface area contributed by atoms with Crippen molar-refractivity contribution in [1.82, 2.24) is 24.6 Å². The van der Waals surface area contributed by atoms with Gasteiger partial charge < -0.3 is 19.7 Å². The van der Waals surface area contributed by atoms with Crippen LogP contribution >= 0.6 is 10.0 Å². The minimum absolute atomic E-state index is 0.0327. The van der Waals surface area contributed by atoms with E-state index in [0.717, 1.165) is 18.4 Å². The summed E-state index contributed by atoms with van der Waals surface area (Å²) < 4.78 is 14.1. The summed E-state index contributed by atoms with van der Waals surface area (Å²) >= 11 is 0. The molecule has 0 saturated heterocycles. The van der Waals surface area contributed by atoms with Crippen molar-refractivity contribution in [2.24, 2.45) is 0 Å². The average Bonchev–Trinajstić information content (AvgIpc) is 3.73. The van der Waals surface area contributed by atoms with Crippen LogP contribution in [0.25, 0.3) is 11.3 Å². The number of carbonyl (C=O) groups is 2. The van der Waals surface area contributed by atoms with Gasteiger partial charge in [0.15, 0.2) is 5.82 Å². The van der Waals surface area contributed by atoms with Gasteiger partial charge >= 0.3 is 6.09 Å². The Balaban J connectivity index is 1.50. The summed E-state index contributed by atoms with van der Waals surface area (Å²) in [6.07, 6.45) is 7.71. The summed E-state index contributed by atoms with van der Waals surface area (Å²) in [6, 6.07) is 9.84. The van der Waals surface area contributed by atoms with Gasteiger partial charge in [-0.1, -0.05) is 27.7 Å². The number of fused-ring (bicyclic) bond motifs is 1. The molecular weight excluding hydrogens is 665 g/mol. The van der Waals surface area contributed by atoms with Crippen LogP contribution in [0.2, 0.25) is 0 Å². The van der Waals surface area contributed by atoms with Crippen molar-refractivity contribution in [3.05, 3.63) is 47.3 Å². The molecule has 1 N–H and O–H groups in total. The number of benzene rings is 1. The first-order valence-electron chi connectivity index (χ1n) is 17.5. The molecule has 2 aliphatic rings. The van der Waals surface area contributed by atoms with Crippen LogP contribution < -0.4 is 10.2 Å². The standard InChI is InChI=1S/C38H54N8O4S/c1-24(2)46-30(33(47)44(10)27-13-14-27)19-31(43-46)42-34-40-16-15-29(41-34)25-17-26(20-39)32-28(18-25)38(9,21-45(32)35(48)50-36(3,4)5)22-49-23-51(11,12)37(6,7)8/h15-19,24,27H,13-14,21-23H2,1-12H3,(H,40,41,42,43)/t38-/m1/s1. The van der Waals surface area contributed by atoms with Crippen LogP contribution in [0.5, 0.6) is 0 Å². The molecule has 3 heterocycles. The highest BCUT2D eigenvalue weighted by Gasteiger charge is 2.45. The van der Waals surface area contributed by atoms with E-state index in [1.807, 2.05) is 47.7 Å². The smallest absolute Gasteiger partial charge is 0.414 e. The number of anilines is 3. The van der Waals surface area contributed by atoms with E-state index in [4.69, 9.17) is 14.5 Å². The third-order valence-corrected chi connectivity index (χ3v) is 13.8. The summed E-state index contributed by atoms with van der Waals surface area (Å²) in [5.74, 6) is 1.29. The molecule has 0 unspecified atom stereocenters. The molecule has 5 rings (SSSR count). The van der Waals surface area contributed by atoms with Crippen molar-refractivity contribution in [2.75, 3.05) is 48.9 Å². The van der Waals surface area contributed by atoms with Crippen LogP contribution in [0, 0.1) is 11.3 Å². The van der Waals surface area contributed by atoms with E-state index >= 15 is 0 Å². The zero-order chi connectivity index (χ0) is 37.7. The second-order valence-corrected chi connectivity index (χ2v) is 21.3. The molecular formula is C38H54N8O4S. The first-order valence-corrected chi connectivity index (χ1v) is 20.1. The molecule has 1 aliphatic heterocycles. The molecule has 13 heteroatoms. The molecule has 0 bridgehead atoms. The molecule has 1 atom stereocenters. The van der Waals surface area contributed by atoms with Crippen molar-refractivity contribution in [2.45, 2.75) is 103 Å². The summed E-state index contributed by atoms with van der Waals surface area (Å²) in [7, 11) is 0.744. The van der Waals surface area contributed by atoms with E-state index in [1.165, 1.54) is 0 Å². The molecule has 2 amide bonds. The average molecular weight is 719 g/mol. The fraction of sp³-hybridized carbons (Fsp3) is 0.579. The fourth-order valence-corrected chi connectivity index (χ4v) is 6.74. The number of nitrogens with zero attached hydrogens (tertiary/aromatic N) is 7. The number of hydrogen-bond donors (Lipinski definition) is 1. The van der Waals surface area contributed by atoms with Gasteiger partial charge in [0.1, 0.15) is 17.4 Å². The Bertz CT molecular complexity index is 1850. The molecule has 1 fully saturated rings. The van der Waals surface area contributed by atoms with Crippen LogP contribution in [0.3, 0.4) is 0 Å². The number of ether oxygens (including phenoxy) is 2. The first-order chi connectivity index (χ1) is 23.6. The molecule has 1 aliphatic carbocycles. The van der Waals surface area contributed by atoms with Gasteiger partial charge in [0.2, 0.25) is 5.95 Å². The van der Waals surface area contributed by atoms with Gasteiger partial charge in [0, 0.05) is 48.9 Å². The highest BCUT2D eigenvalue weighted by Crippen LogP contribution is 2.53. The lowest BCUT2D eigenvalue weighted by Gasteiger charge is -2.44. The number of nitrogens with one attached hydrogen (secondary N) is 1. The Morgan fingerprint density at radius 2 is 1.84 bits per heavy atom. The Morgan fingerprint density at radius 1 is 1.16 bits per heavy atom. The monoisotopic (exact) mass is 718 g/mol. The van der Waals surface area contributed by atoms with E-state index in [9.17, 15) is 14.9 Å². The maximum atomic E-state index is 13.6. The Morgan fingerprint density at radius 3 is 2.43 bits per heavy atom. The molecule has 276 valence electrons. The molecule has 1 saturated carbocycles. The van der Waals surface area contributed by atoms with Gasteiger partial charge in [0.05, 0.1) is 29.5 Å². The number of nitriles is 1. The topological polar surface area (TPSA) is 138 Å². The number of amides is 2. The largest absolute Gasteiger partial charge is 0.443 e. The van der Waals surface area contributed by atoms with Crippen LogP contribution in [0.1, 0.15) is 103 Å². The normalized spacial score (nSPS) is 18.0. The van der Waals surface area contributed by atoms with Crippen molar-refractivity contribution in [3.63, 3.8) is 0 Å². The first kappa shape index (κ1) is 38.1. The third-order valence-electron chi connectivity index (χ3n) is 9.78. The van der Waals surface area contributed by atoms with E-state index in [0.29, 0.717) is 59.1 Å². The zero-order valence-electron chi connectivity index (χ0n) is 32.2. The van der Waals surface area contributed by atoms with Gasteiger partial charge in [0.25, 0.3) is 5.91 Å². The quantitative estimate of drug-likeness (QED) is 0.224. The number of aromatic nitrogens is 4.